The molecular formula is C27H23Br. The molecule has 5 rings (SSSR count). The lowest BCUT2D eigenvalue weighted by Crippen LogP contribution is -1.90. The molecule has 0 N–H and O–H groups in total. The zero-order chi connectivity index (χ0) is 19.5. The first kappa shape index (κ1) is 18.7. The Bertz CT molecular complexity index is 1150. The van der Waals surface area contributed by atoms with E-state index in [0.29, 0.717) is 0 Å². The minimum Gasteiger partial charge on any atom is -0.0722 e. The Morgan fingerprint density at radius 2 is 1.18 bits per heavy atom. The molecule has 4 aromatic rings. The molecule has 0 spiro atoms. The fourth-order valence-corrected chi connectivity index (χ4v) is 4.61. The first-order chi connectivity index (χ1) is 13.8. The van der Waals surface area contributed by atoms with Crippen LogP contribution in [0.5, 0.6) is 0 Å². The van der Waals surface area contributed by atoms with Crippen LogP contribution in [0.1, 0.15) is 30.5 Å². The standard InChI is InChI=1S/C25H17Br.C2H6/c26-25-22-11-5-3-9-20(22)24(21-10-4-6-12-23(21)25)19-15-13-17-7-1-2-8-18(17)14-16-19;1-2/h1-13,15-16H,14H2;1-2H3. The van der Waals surface area contributed by atoms with Gasteiger partial charge in [0.05, 0.1) is 0 Å². The first-order valence-electron chi connectivity index (χ1n) is 9.88. The van der Waals surface area contributed by atoms with E-state index in [2.05, 4.69) is 107 Å². The SMILES string of the molecule is Brc1c2ccccc2c(C2=CCc3ccccc3C=C2)c2ccccc12.CC. The van der Waals surface area contributed by atoms with Crippen LogP contribution in [0.15, 0.2) is 89.4 Å². The molecule has 1 aliphatic rings. The lowest BCUT2D eigenvalue weighted by Gasteiger charge is -2.14. The van der Waals surface area contributed by atoms with Gasteiger partial charge in [-0.25, -0.2) is 0 Å². The van der Waals surface area contributed by atoms with Crippen LogP contribution in [0.2, 0.25) is 0 Å². The van der Waals surface area contributed by atoms with E-state index in [-0.39, 0.29) is 0 Å². The van der Waals surface area contributed by atoms with Crippen LogP contribution in [0, 0.1) is 0 Å². The zero-order valence-corrected chi connectivity index (χ0v) is 17.8. The minimum atomic E-state index is 0.956. The van der Waals surface area contributed by atoms with Gasteiger partial charge in [-0.1, -0.05) is 105 Å². The molecule has 0 aromatic heterocycles. The van der Waals surface area contributed by atoms with Gasteiger partial charge >= 0.3 is 0 Å². The van der Waals surface area contributed by atoms with Crippen LogP contribution < -0.4 is 0 Å². The summed E-state index contributed by atoms with van der Waals surface area (Å²) >= 11 is 3.84. The predicted molar refractivity (Wildman–Crippen MR) is 128 cm³/mol. The van der Waals surface area contributed by atoms with Crippen LogP contribution in [0.25, 0.3) is 33.2 Å². The van der Waals surface area contributed by atoms with E-state index in [1.54, 1.807) is 0 Å². The summed E-state index contributed by atoms with van der Waals surface area (Å²) in [5.41, 5.74) is 5.30. The van der Waals surface area contributed by atoms with Crippen LogP contribution in [-0.4, -0.2) is 0 Å². The number of allylic oxidation sites excluding steroid dienone is 3. The molecule has 138 valence electrons. The quantitative estimate of drug-likeness (QED) is 0.267. The van der Waals surface area contributed by atoms with Crippen LogP contribution in [0.4, 0.5) is 0 Å². The van der Waals surface area contributed by atoms with Crippen molar-refractivity contribution in [3.63, 3.8) is 0 Å². The summed E-state index contributed by atoms with van der Waals surface area (Å²) in [6, 6.07) is 26.0. The van der Waals surface area contributed by atoms with Gasteiger partial charge in [0.25, 0.3) is 0 Å². The average molecular weight is 427 g/mol. The van der Waals surface area contributed by atoms with Crippen molar-refractivity contribution in [2.75, 3.05) is 0 Å². The van der Waals surface area contributed by atoms with Gasteiger partial charge in [-0.3, -0.25) is 0 Å². The molecular weight excluding hydrogens is 404 g/mol. The summed E-state index contributed by atoms with van der Waals surface area (Å²) < 4.78 is 1.17. The number of halogens is 1. The average Bonchev–Trinajstić information content (AvgIpc) is 2.98. The molecule has 0 radical (unpaired) electrons. The van der Waals surface area contributed by atoms with E-state index in [1.165, 1.54) is 48.3 Å². The third-order valence-corrected chi connectivity index (χ3v) is 6.05. The van der Waals surface area contributed by atoms with Crippen molar-refractivity contribution in [2.24, 2.45) is 0 Å². The Morgan fingerprint density at radius 3 is 1.82 bits per heavy atom. The molecule has 1 heteroatoms. The normalized spacial score (nSPS) is 12.8. The second-order valence-electron chi connectivity index (χ2n) is 6.68. The maximum atomic E-state index is 3.84. The third-order valence-electron chi connectivity index (χ3n) is 5.19. The molecule has 0 saturated heterocycles. The summed E-state index contributed by atoms with van der Waals surface area (Å²) in [5, 5.41) is 5.11. The van der Waals surface area contributed by atoms with Crippen molar-refractivity contribution in [1.82, 2.24) is 0 Å². The molecule has 28 heavy (non-hydrogen) atoms. The van der Waals surface area contributed by atoms with E-state index in [4.69, 9.17) is 0 Å². The minimum absolute atomic E-state index is 0.956. The largest absolute Gasteiger partial charge is 0.0722 e. The van der Waals surface area contributed by atoms with Crippen molar-refractivity contribution in [1.29, 1.82) is 0 Å². The lowest BCUT2D eigenvalue weighted by molar-refractivity contribution is 1.27. The second kappa shape index (κ2) is 8.16. The molecule has 0 aliphatic heterocycles. The highest BCUT2D eigenvalue weighted by Crippen LogP contribution is 2.40. The predicted octanol–water partition coefficient (Wildman–Crippen LogP) is 8.43. The molecule has 0 nitrogen and oxygen atoms in total. The highest BCUT2D eigenvalue weighted by Gasteiger charge is 2.15. The van der Waals surface area contributed by atoms with Crippen molar-refractivity contribution < 1.29 is 0 Å². The molecule has 0 atom stereocenters. The topological polar surface area (TPSA) is 0 Å². The molecule has 0 saturated carbocycles. The number of hydrogen-bond acceptors (Lipinski definition) is 0. The molecule has 0 heterocycles. The summed E-state index contributed by atoms with van der Waals surface area (Å²) in [6.07, 6.45) is 7.84. The molecule has 1 aliphatic carbocycles. The van der Waals surface area contributed by atoms with E-state index in [9.17, 15) is 0 Å². The molecule has 0 bridgehead atoms. The highest BCUT2D eigenvalue weighted by molar-refractivity contribution is 9.10. The van der Waals surface area contributed by atoms with Gasteiger partial charge in [-0.15, -0.1) is 0 Å². The summed E-state index contributed by atoms with van der Waals surface area (Å²) in [7, 11) is 0. The van der Waals surface area contributed by atoms with E-state index in [1.807, 2.05) is 13.8 Å². The van der Waals surface area contributed by atoms with Gasteiger partial charge in [0.15, 0.2) is 0 Å². The lowest BCUT2D eigenvalue weighted by atomic mass is 9.91. The fourth-order valence-electron chi connectivity index (χ4n) is 3.92. The first-order valence-corrected chi connectivity index (χ1v) is 10.7. The Kier molecular flexibility index (Phi) is 5.45. The van der Waals surface area contributed by atoms with Crippen LogP contribution in [-0.2, 0) is 6.42 Å². The number of rotatable bonds is 1. The summed E-state index contributed by atoms with van der Waals surface area (Å²) in [6.45, 7) is 4.00. The Balaban J connectivity index is 0.000000932. The third kappa shape index (κ3) is 3.21. The van der Waals surface area contributed by atoms with Crippen molar-refractivity contribution in [3.8, 4) is 0 Å². The monoisotopic (exact) mass is 426 g/mol. The van der Waals surface area contributed by atoms with E-state index < -0.39 is 0 Å². The van der Waals surface area contributed by atoms with Crippen LogP contribution in [0.3, 0.4) is 0 Å². The maximum absolute atomic E-state index is 3.84. The Hall–Kier alpha value is -2.64. The fraction of sp³-hybridized carbons (Fsp3) is 0.111. The Labute approximate surface area is 175 Å². The van der Waals surface area contributed by atoms with Crippen molar-refractivity contribution in [3.05, 3.63) is 106 Å². The van der Waals surface area contributed by atoms with Crippen molar-refractivity contribution in [2.45, 2.75) is 20.3 Å². The molecule has 0 unspecified atom stereocenters. The number of fused-ring (bicyclic) bond motifs is 3. The molecule has 0 fully saturated rings. The van der Waals surface area contributed by atoms with E-state index >= 15 is 0 Å². The second-order valence-corrected chi connectivity index (χ2v) is 7.47. The number of benzene rings is 4. The van der Waals surface area contributed by atoms with Gasteiger partial charge in [0.1, 0.15) is 0 Å². The van der Waals surface area contributed by atoms with Gasteiger partial charge in [-0.2, -0.15) is 0 Å². The summed E-state index contributed by atoms with van der Waals surface area (Å²) in [4.78, 5) is 0. The van der Waals surface area contributed by atoms with Gasteiger partial charge in [0, 0.05) is 4.47 Å². The Morgan fingerprint density at radius 1 is 0.643 bits per heavy atom. The van der Waals surface area contributed by atoms with Crippen molar-refractivity contribution >= 4 is 49.1 Å². The van der Waals surface area contributed by atoms with Gasteiger partial charge < -0.3 is 0 Å². The van der Waals surface area contributed by atoms with E-state index in [0.717, 1.165) is 6.42 Å². The van der Waals surface area contributed by atoms with Gasteiger partial charge in [-0.05, 0) is 66.2 Å². The maximum Gasteiger partial charge on any atom is 0.0332 e. The zero-order valence-electron chi connectivity index (χ0n) is 16.2. The number of hydrogen-bond donors (Lipinski definition) is 0. The smallest absolute Gasteiger partial charge is 0.0332 e. The molecule has 4 aromatic carbocycles. The van der Waals surface area contributed by atoms with Crippen LogP contribution >= 0.6 is 15.9 Å². The molecule has 0 amide bonds. The summed E-state index contributed by atoms with van der Waals surface area (Å²) in [5.74, 6) is 0. The highest BCUT2D eigenvalue weighted by atomic mass is 79.9. The van der Waals surface area contributed by atoms with Gasteiger partial charge in [0.2, 0.25) is 0 Å².